The van der Waals surface area contributed by atoms with Crippen LogP contribution in [-0.4, -0.2) is 29.1 Å². The van der Waals surface area contributed by atoms with Crippen LogP contribution in [0.25, 0.3) is 0 Å². The second-order valence-corrected chi connectivity index (χ2v) is 4.13. The zero-order valence-corrected chi connectivity index (χ0v) is 8.15. The minimum atomic E-state index is -3.66. The van der Waals surface area contributed by atoms with E-state index in [1.165, 1.54) is 0 Å². The van der Waals surface area contributed by atoms with E-state index in [4.69, 9.17) is 5.11 Å². The van der Waals surface area contributed by atoms with Crippen LogP contribution >= 0.6 is 0 Å². The maximum absolute atomic E-state index is 12.7. The highest BCUT2D eigenvalue weighted by Crippen LogP contribution is 2.29. The van der Waals surface area contributed by atoms with E-state index >= 15 is 0 Å². The largest absolute Gasteiger partial charge is 0.477 e. The van der Waals surface area contributed by atoms with Crippen LogP contribution < -0.4 is 5.32 Å². The van der Waals surface area contributed by atoms with Crippen molar-refractivity contribution in [3.8, 4) is 0 Å². The number of carboxylic acid groups (broad SMARTS) is 1. The molecule has 0 aromatic carbocycles. The third kappa shape index (κ3) is 2.64. The number of hydrogen-bond donors (Lipinski definition) is 2. The Morgan fingerprint density at radius 2 is 2.00 bits per heavy atom. The van der Waals surface area contributed by atoms with Gasteiger partial charge in [0.05, 0.1) is 6.54 Å². The molecule has 1 aliphatic carbocycles. The minimum Gasteiger partial charge on any atom is -0.477 e. The summed E-state index contributed by atoms with van der Waals surface area (Å²) in [7, 11) is 0. The lowest BCUT2D eigenvalue weighted by molar-refractivity contribution is -0.164. The van der Waals surface area contributed by atoms with Gasteiger partial charge in [-0.25, -0.2) is 4.79 Å². The van der Waals surface area contributed by atoms with Crippen molar-refractivity contribution in [2.24, 2.45) is 0 Å². The Bertz CT molecular complexity index is 225. The molecule has 0 unspecified atom stereocenters. The Hall–Kier alpha value is -0.710. The lowest BCUT2D eigenvalue weighted by Crippen LogP contribution is -2.48. The van der Waals surface area contributed by atoms with E-state index < -0.39 is 18.4 Å². The summed E-state index contributed by atoms with van der Waals surface area (Å²) in [6.45, 7) is 1.08. The molecule has 0 atom stereocenters. The highest BCUT2D eigenvalue weighted by atomic mass is 19.3. The van der Waals surface area contributed by atoms with E-state index in [2.05, 4.69) is 5.32 Å². The molecule has 1 rings (SSSR count). The molecule has 0 amide bonds. The van der Waals surface area contributed by atoms with E-state index in [1.54, 1.807) is 0 Å². The van der Waals surface area contributed by atoms with Crippen LogP contribution in [0.15, 0.2) is 0 Å². The fourth-order valence-electron chi connectivity index (χ4n) is 1.73. The molecular weight excluding hydrogens is 192 g/mol. The number of nitrogens with one attached hydrogen (secondary N) is 1. The highest BCUT2D eigenvalue weighted by Gasteiger charge is 2.41. The van der Waals surface area contributed by atoms with Crippen molar-refractivity contribution in [3.05, 3.63) is 0 Å². The maximum Gasteiger partial charge on any atom is 0.375 e. The first-order valence-electron chi connectivity index (χ1n) is 4.72. The van der Waals surface area contributed by atoms with Crippen molar-refractivity contribution in [3.63, 3.8) is 0 Å². The Morgan fingerprint density at radius 1 is 1.50 bits per heavy atom. The zero-order chi connectivity index (χ0) is 10.8. The van der Waals surface area contributed by atoms with E-state index in [0.717, 1.165) is 25.7 Å². The van der Waals surface area contributed by atoms with Crippen LogP contribution in [0.2, 0.25) is 0 Å². The van der Waals surface area contributed by atoms with Gasteiger partial charge in [-0.2, -0.15) is 8.78 Å². The molecule has 0 aromatic rings. The van der Waals surface area contributed by atoms with Crippen molar-refractivity contribution in [2.45, 2.75) is 44.1 Å². The molecule has 3 nitrogen and oxygen atoms in total. The van der Waals surface area contributed by atoms with Crippen LogP contribution in [-0.2, 0) is 4.79 Å². The number of aliphatic carboxylic acids is 1. The summed E-state index contributed by atoms with van der Waals surface area (Å²) in [4.78, 5) is 10.1. The second-order valence-electron chi connectivity index (χ2n) is 4.13. The predicted molar refractivity (Wildman–Crippen MR) is 47.5 cm³/mol. The number of rotatable bonds is 4. The quantitative estimate of drug-likeness (QED) is 0.736. The summed E-state index contributed by atoms with van der Waals surface area (Å²) in [5, 5.41) is 10.9. The summed E-state index contributed by atoms with van der Waals surface area (Å²) in [5.74, 6) is -5.72. The van der Waals surface area contributed by atoms with Gasteiger partial charge in [-0.3, -0.25) is 0 Å². The van der Waals surface area contributed by atoms with Crippen molar-refractivity contribution in [1.29, 1.82) is 0 Å². The van der Waals surface area contributed by atoms with Crippen LogP contribution in [0.5, 0.6) is 0 Å². The number of halogens is 2. The first kappa shape index (κ1) is 11.4. The van der Waals surface area contributed by atoms with Gasteiger partial charge in [0, 0.05) is 5.54 Å². The van der Waals surface area contributed by atoms with Crippen LogP contribution in [0.4, 0.5) is 8.78 Å². The van der Waals surface area contributed by atoms with Crippen molar-refractivity contribution < 1.29 is 18.7 Å². The molecule has 0 bridgehead atoms. The van der Waals surface area contributed by atoms with Crippen LogP contribution in [0.3, 0.4) is 0 Å². The lowest BCUT2D eigenvalue weighted by atomic mass is 10.0. The summed E-state index contributed by atoms with van der Waals surface area (Å²) in [6, 6.07) is 0. The number of alkyl halides is 2. The SMILES string of the molecule is CC1(NCC(F)(F)C(=O)O)CCCC1. The Labute approximate surface area is 81.5 Å². The minimum absolute atomic E-state index is 0.307. The molecular formula is C9H15F2NO2. The Balaban J connectivity index is 2.43. The van der Waals surface area contributed by atoms with Gasteiger partial charge in [0.25, 0.3) is 0 Å². The lowest BCUT2D eigenvalue weighted by Gasteiger charge is -2.27. The number of carboxylic acids is 1. The molecule has 1 fully saturated rings. The molecule has 5 heteroatoms. The van der Waals surface area contributed by atoms with Gasteiger partial charge in [0.2, 0.25) is 0 Å². The van der Waals surface area contributed by atoms with Gasteiger partial charge in [0.1, 0.15) is 0 Å². The van der Waals surface area contributed by atoms with Crippen molar-refractivity contribution in [2.75, 3.05) is 6.54 Å². The molecule has 0 saturated heterocycles. The van der Waals surface area contributed by atoms with Gasteiger partial charge in [-0.05, 0) is 19.8 Å². The average Bonchev–Trinajstić information content (AvgIpc) is 2.50. The normalized spacial score (nSPS) is 21.1. The molecule has 0 aliphatic heterocycles. The van der Waals surface area contributed by atoms with E-state index in [9.17, 15) is 13.6 Å². The van der Waals surface area contributed by atoms with Gasteiger partial charge in [0.15, 0.2) is 0 Å². The summed E-state index contributed by atoms with van der Waals surface area (Å²) >= 11 is 0. The summed E-state index contributed by atoms with van der Waals surface area (Å²) < 4.78 is 25.4. The fraction of sp³-hybridized carbons (Fsp3) is 0.889. The zero-order valence-electron chi connectivity index (χ0n) is 8.15. The van der Waals surface area contributed by atoms with Crippen molar-refractivity contribution >= 4 is 5.97 Å². The average molecular weight is 207 g/mol. The van der Waals surface area contributed by atoms with E-state index in [-0.39, 0.29) is 5.54 Å². The third-order valence-electron chi connectivity index (χ3n) is 2.76. The molecule has 14 heavy (non-hydrogen) atoms. The van der Waals surface area contributed by atoms with Crippen molar-refractivity contribution in [1.82, 2.24) is 5.32 Å². The molecule has 1 saturated carbocycles. The molecule has 0 spiro atoms. The van der Waals surface area contributed by atoms with E-state index in [1.807, 2.05) is 6.92 Å². The molecule has 1 aliphatic rings. The maximum atomic E-state index is 12.7. The Morgan fingerprint density at radius 3 is 2.43 bits per heavy atom. The molecule has 0 radical (unpaired) electrons. The van der Waals surface area contributed by atoms with Crippen LogP contribution in [0, 0.1) is 0 Å². The number of hydrogen-bond acceptors (Lipinski definition) is 2. The standard InChI is InChI=1S/C9H15F2NO2/c1-8(4-2-3-5-8)12-6-9(10,11)7(13)14/h12H,2-6H2,1H3,(H,13,14). The monoisotopic (exact) mass is 207 g/mol. The van der Waals surface area contributed by atoms with Gasteiger partial charge in [-0.1, -0.05) is 12.8 Å². The number of carbonyl (C=O) groups is 1. The summed E-state index contributed by atoms with van der Waals surface area (Å²) in [5.41, 5.74) is -0.307. The first-order valence-corrected chi connectivity index (χ1v) is 4.72. The fourth-order valence-corrected chi connectivity index (χ4v) is 1.73. The second kappa shape index (κ2) is 3.81. The van der Waals surface area contributed by atoms with E-state index in [0.29, 0.717) is 0 Å². The van der Waals surface area contributed by atoms with Gasteiger partial charge < -0.3 is 10.4 Å². The molecule has 0 heterocycles. The molecule has 0 aromatic heterocycles. The Kier molecular flexibility index (Phi) is 3.09. The molecule has 2 N–H and O–H groups in total. The van der Waals surface area contributed by atoms with Crippen LogP contribution in [0.1, 0.15) is 32.6 Å². The van der Waals surface area contributed by atoms with Gasteiger partial charge >= 0.3 is 11.9 Å². The topological polar surface area (TPSA) is 49.3 Å². The van der Waals surface area contributed by atoms with Gasteiger partial charge in [-0.15, -0.1) is 0 Å². The first-order chi connectivity index (χ1) is 6.36. The predicted octanol–water partition coefficient (Wildman–Crippen LogP) is 1.63. The smallest absolute Gasteiger partial charge is 0.375 e. The summed E-state index contributed by atoms with van der Waals surface area (Å²) in [6.07, 6.45) is 3.70. The molecule has 82 valence electrons. The third-order valence-corrected chi connectivity index (χ3v) is 2.76. The highest BCUT2D eigenvalue weighted by molar-refractivity contribution is 5.75.